The standard InChI is InChI=1S/C15H12BrNO2/c16-11-4-6-13(7-5-11)19-9-12-8-10-2-1-3-14(18)15(10)17-12/h1-8,17-18H,9H2. The lowest BCUT2D eigenvalue weighted by atomic mass is 10.2. The minimum atomic E-state index is 0.257. The molecule has 3 nitrogen and oxygen atoms in total. The smallest absolute Gasteiger partial charge is 0.139 e. The lowest BCUT2D eigenvalue weighted by Crippen LogP contribution is -1.95. The zero-order chi connectivity index (χ0) is 13.2. The number of benzene rings is 2. The Hall–Kier alpha value is -1.94. The van der Waals surface area contributed by atoms with Crippen molar-refractivity contribution in [2.45, 2.75) is 6.61 Å². The number of H-pyrrole nitrogens is 1. The Morgan fingerprint density at radius 1 is 1.11 bits per heavy atom. The lowest BCUT2D eigenvalue weighted by molar-refractivity contribution is 0.302. The van der Waals surface area contributed by atoms with Crippen molar-refractivity contribution in [3.8, 4) is 11.5 Å². The predicted octanol–water partition coefficient (Wildman–Crippen LogP) is 4.22. The molecule has 3 aromatic rings. The average Bonchev–Trinajstić information content (AvgIpc) is 2.83. The summed E-state index contributed by atoms with van der Waals surface area (Å²) in [7, 11) is 0. The third-order valence-electron chi connectivity index (χ3n) is 2.90. The van der Waals surface area contributed by atoms with E-state index in [1.165, 1.54) is 0 Å². The molecule has 2 N–H and O–H groups in total. The first kappa shape index (κ1) is 12.1. The highest BCUT2D eigenvalue weighted by atomic mass is 79.9. The number of nitrogens with one attached hydrogen (secondary N) is 1. The van der Waals surface area contributed by atoms with Crippen LogP contribution in [0.5, 0.6) is 11.5 Å². The summed E-state index contributed by atoms with van der Waals surface area (Å²) in [5.41, 5.74) is 1.68. The molecule has 0 aliphatic heterocycles. The molecule has 0 bridgehead atoms. The predicted molar refractivity (Wildman–Crippen MR) is 78.4 cm³/mol. The summed E-state index contributed by atoms with van der Waals surface area (Å²) in [6.07, 6.45) is 0. The van der Waals surface area contributed by atoms with Gasteiger partial charge < -0.3 is 14.8 Å². The first-order chi connectivity index (χ1) is 9.22. The zero-order valence-electron chi connectivity index (χ0n) is 10.1. The van der Waals surface area contributed by atoms with E-state index in [2.05, 4.69) is 20.9 Å². The van der Waals surface area contributed by atoms with Crippen molar-refractivity contribution in [1.29, 1.82) is 0 Å². The van der Waals surface area contributed by atoms with Gasteiger partial charge in [0.05, 0.1) is 11.2 Å². The molecule has 0 saturated heterocycles. The summed E-state index contributed by atoms with van der Waals surface area (Å²) < 4.78 is 6.71. The molecule has 96 valence electrons. The molecule has 0 unspecified atom stereocenters. The van der Waals surface area contributed by atoms with Crippen molar-refractivity contribution < 1.29 is 9.84 Å². The van der Waals surface area contributed by atoms with Gasteiger partial charge >= 0.3 is 0 Å². The number of aromatic hydroxyl groups is 1. The summed E-state index contributed by atoms with van der Waals surface area (Å²) >= 11 is 3.38. The van der Waals surface area contributed by atoms with Crippen molar-refractivity contribution in [1.82, 2.24) is 4.98 Å². The Kier molecular flexibility index (Phi) is 3.17. The summed E-state index contributed by atoms with van der Waals surface area (Å²) in [5.74, 6) is 1.07. The van der Waals surface area contributed by atoms with Gasteiger partial charge in [-0.25, -0.2) is 0 Å². The van der Waals surface area contributed by atoms with Crippen molar-refractivity contribution in [3.63, 3.8) is 0 Å². The number of hydrogen-bond acceptors (Lipinski definition) is 2. The van der Waals surface area contributed by atoms with Gasteiger partial charge in [0.25, 0.3) is 0 Å². The van der Waals surface area contributed by atoms with Crippen LogP contribution in [0.4, 0.5) is 0 Å². The molecule has 2 aromatic carbocycles. The minimum Gasteiger partial charge on any atom is -0.506 e. The molecule has 0 radical (unpaired) electrons. The Bertz CT molecular complexity index is 704. The second-order valence-electron chi connectivity index (χ2n) is 4.28. The third kappa shape index (κ3) is 2.58. The maximum Gasteiger partial charge on any atom is 0.139 e. The van der Waals surface area contributed by atoms with Crippen LogP contribution in [-0.2, 0) is 6.61 Å². The molecular formula is C15H12BrNO2. The van der Waals surface area contributed by atoms with Gasteiger partial charge in [0.15, 0.2) is 0 Å². The number of ether oxygens (including phenoxy) is 1. The molecule has 0 amide bonds. The molecule has 4 heteroatoms. The number of para-hydroxylation sites is 1. The highest BCUT2D eigenvalue weighted by molar-refractivity contribution is 9.10. The number of halogens is 1. The maximum atomic E-state index is 9.72. The minimum absolute atomic E-state index is 0.257. The summed E-state index contributed by atoms with van der Waals surface area (Å²) in [6, 6.07) is 15.1. The second kappa shape index (κ2) is 4.97. The highest BCUT2D eigenvalue weighted by Crippen LogP contribution is 2.25. The van der Waals surface area contributed by atoms with E-state index >= 15 is 0 Å². The Morgan fingerprint density at radius 3 is 2.63 bits per heavy atom. The van der Waals surface area contributed by atoms with Gasteiger partial charge in [-0.05, 0) is 36.4 Å². The van der Waals surface area contributed by atoms with Gasteiger partial charge in [0, 0.05) is 9.86 Å². The normalized spacial score (nSPS) is 10.8. The fraction of sp³-hybridized carbons (Fsp3) is 0.0667. The summed E-state index contributed by atoms with van der Waals surface area (Å²) in [5, 5.41) is 10.7. The van der Waals surface area contributed by atoms with E-state index in [4.69, 9.17) is 4.74 Å². The van der Waals surface area contributed by atoms with Crippen molar-refractivity contribution in [2.24, 2.45) is 0 Å². The van der Waals surface area contributed by atoms with Crippen molar-refractivity contribution >= 4 is 26.8 Å². The van der Waals surface area contributed by atoms with Gasteiger partial charge in [0.1, 0.15) is 18.1 Å². The molecular weight excluding hydrogens is 306 g/mol. The molecule has 3 rings (SSSR count). The number of aromatic amines is 1. The van der Waals surface area contributed by atoms with Crippen LogP contribution in [0, 0.1) is 0 Å². The lowest BCUT2D eigenvalue weighted by Gasteiger charge is -2.04. The van der Waals surface area contributed by atoms with Gasteiger partial charge in [-0.3, -0.25) is 0 Å². The van der Waals surface area contributed by atoms with Gasteiger partial charge in [0.2, 0.25) is 0 Å². The van der Waals surface area contributed by atoms with Crippen LogP contribution in [0.3, 0.4) is 0 Å². The number of phenolic OH excluding ortho intramolecular Hbond substituents is 1. The van der Waals surface area contributed by atoms with E-state index in [1.54, 1.807) is 6.07 Å². The molecule has 1 heterocycles. The average molecular weight is 318 g/mol. The SMILES string of the molecule is Oc1cccc2cc(COc3ccc(Br)cc3)[nH]c12. The maximum absolute atomic E-state index is 9.72. The van der Waals surface area contributed by atoms with Crippen molar-refractivity contribution in [3.05, 3.63) is 58.7 Å². The third-order valence-corrected chi connectivity index (χ3v) is 3.43. The van der Waals surface area contributed by atoms with Crippen LogP contribution in [0.25, 0.3) is 10.9 Å². The fourth-order valence-electron chi connectivity index (χ4n) is 1.97. The van der Waals surface area contributed by atoms with Crippen LogP contribution in [0.15, 0.2) is 53.0 Å². The van der Waals surface area contributed by atoms with Gasteiger partial charge in [-0.2, -0.15) is 0 Å². The number of phenols is 1. The monoisotopic (exact) mass is 317 g/mol. The van der Waals surface area contributed by atoms with E-state index in [1.807, 2.05) is 42.5 Å². The fourth-order valence-corrected chi connectivity index (χ4v) is 2.23. The molecule has 0 atom stereocenters. The van der Waals surface area contributed by atoms with Crippen LogP contribution < -0.4 is 4.74 Å². The molecule has 1 aromatic heterocycles. The molecule has 19 heavy (non-hydrogen) atoms. The van der Waals surface area contributed by atoms with Crippen LogP contribution >= 0.6 is 15.9 Å². The molecule has 0 spiro atoms. The zero-order valence-corrected chi connectivity index (χ0v) is 11.6. The molecule has 0 fully saturated rings. The Morgan fingerprint density at radius 2 is 1.89 bits per heavy atom. The van der Waals surface area contributed by atoms with E-state index in [-0.39, 0.29) is 5.75 Å². The van der Waals surface area contributed by atoms with Gasteiger partial charge in [-0.15, -0.1) is 0 Å². The number of fused-ring (bicyclic) bond motifs is 1. The first-order valence-electron chi connectivity index (χ1n) is 5.90. The number of aromatic nitrogens is 1. The number of rotatable bonds is 3. The summed E-state index contributed by atoms with van der Waals surface area (Å²) in [6.45, 7) is 0.440. The van der Waals surface area contributed by atoms with Gasteiger partial charge in [-0.1, -0.05) is 28.1 Å². The van der Waals surface area contributed by atoms with E-state index in [9.17, 15) is 5.11 Å². The topological polar surface area (TPSA) is 45.2 Å². The first-order valence-corrected chi connectivity index (χ1v) is 6.69. The Labute approximate surface area is 119 Å². The quantitative estimate of drug-likeness (QED) is 0.759. The van der Waals surface area contributed by atoms with Crippen molar-refractivity contribution in [2.75, 3.05) is 0 Å². The van der Waals surface area contributed by atoms with E-state index in [0.29, 0.717) is 6.61 Å². The second-order valence-corrected chi connectivity index (χ2v) is 5.19. The van der Waals surface area contributed by atoms with E-state index in [0.717, 1.165) is 26.8 Å². The van der Waals surface area contributed by atoms with Crippen LogP contribution in [0.2, 0.25) is 0 Å². The van der Waals surface area contributed by atoms with Crippen LogP contribution in [0.1, 0.15) is 5.69 Å². The van der Waals surface area contributed by atoms with Crippen LogP contribution in [-0.4, -0.2) is 10.1 Å². The molecule has 0 aliphatic carbocycles. The molecule has 0 saturated carbocycles. The molecule has 0 aliphatic rings. The summed E-state index contributed by atoms with van der Waals surface area (Å²) in [4.78, 5) is 3.16. The highest BCUT2D eigenvalue weighted by Gasteiger charge is 2.04. The number of hydrogen-bond donors (Lipinski definition) is 2. The Balaban J connectivity index is 1.78. The van der Waals surface area contributed by atoms with E-state index < -0.39 is 0 Å². The largest absolute Gasteiger partial charge is 0.506 e.